The van der Waals surface area contributed by atoms with Gasteiger partial charge in [-0.2, -0.15) is 0 Å². The Balaban J connectivity index is 1.97. The van der Waals surface area contributed by atoms with Crippen LogP contribution >= 0.6 is 0 Å². The van der Waals surface area contributed by atoms with E-state index in [1.807, 2.05) is 4.90 Å². The molecule has 6 heteroatoms. The molecule has 0 saturated carbocycles. The maximum absolute atomic E-state index is 12.9. The number of ether oxygens (including phenoxy) is 2. The van der Waals surface area contributed by atoms with Crippen molar-refractivity contribution < 1.29 is 13.9 Å². The maximum Gasteiger partial charge on any atom is 0.191 e. The minimum atomic E-state index is -0.264. The molecule has 0 aromatic heterocycles. The number of nitrogens with zero attached hydrogens (tertiary/aromatic N) is 2. The van der Waals surface area contributed by atoms with E-state index < -0.39 is 0 Å². The summed E-state index contributed by atoms with van der Waals surface area (Å²) in [6.07, 6.45) is -0.227. The summed E-state index contributed by atoms with van der Waals surface area (Å²) in [6, 6.07) is 6.22. The molecule has 1 fully saturated rings. The minimum absolute atomic E-state index is 0.227. The quantitative estimate of drug-likeness (QED) is 0.664. The molecule has 20 heavy (non-hydrogen) atoms. The van der Waals surface area contributed by atoms with Crippen LogP contribution in [0.4, 0.5) is 4.39 Å². The van der Waals surface area contributed by atoms with E-state index in [0.29, 0.717) is 25.7 Å². The van der Waals surface area contributed by atoms with Crippen LogP contribution in [-0.2, 0) is 9.47 Å². The number of hydrogen-bond donors (Lipinski definition) is 1. The first kappa shape index (κ1) is 14.7. The SMILES string of the molecule is CO[C@H](CN=C(N)N1CCOCC1)c1ccc(F)cc1. The molecule has 1 aromatic rings. The number of aliphatic imine (C=N–C) groups is 1. The minimum Gasteiger partial charge on any atom is -0.378 e. The summed E-state index contributed by atoms with van der Waals surface area (Å²) >= 11 is 0. The van der Waals surface area contributed by atoms with Crippen LogP contribution < -0.4 is 5.73 Å². The van der Waals surface area contributed by atoms with Crippen molar-refractivity contribution >= 4 is 5.96 Å². The first-order valence-corrected chi connectivity index (χ1v) is 6.61. The number of morpholine rings is 1. The summed E-state index contributed by atoms with van der Waals surface area (Å²) in [5.74, 6) is 0.234. The van der Waals surface area contributed by atoms with Crippen LogP contribution in [0.2, 0.25) is 0 Å². The molecule has 0 unspecified atom stereocenters. The van der Waals surface area contributed by atoms with Crippen molar-refractivity contribution in [3.8, 4) is 0 Å². The molecule has 0 radical (unpaired) electrons. The molecule has 1 aliphatic rings. The predicted octanol–water partition coefficient (Wildman–Crippen LogP) is 1.16. The number of benzene rings is 1. The Labute approximate surface area is 118 Å². The van der Waals surface area contributed by atoms with E-state index in [1.165, 1.54) is 12.1 Å². The fourth-order valence-electron chi connectivity index (χ4n) is 2.06. The van der Waals surface area contributed by atoms with Gasteiger partial charge in [-0.15, -0.1) is 0 Å². The van der Waals surface area contributed by atoms with Gasteiger partial charge in [0.15, 0.2) is 5.96 Å². The van der Waals surface area contributed by atoms with Gasteiger partial charge in [-0.1, -0.05) is 12.1 Å². The van der Waals surface area contributed by atoms with E-state index in [-0.39, 0.29) is 11.9 Å². The Kier molecular flexibility index (Phi) is 5.31. The van der Waals surface area contributed by atoms with E-state index in [1.54, 1.807) is 19.2 Å². The molecule has 0 aliphatic carbocycles. The highest BCUT2D eigenvalue weighted by Gasteiger charge is 2.14. The van der Waals surface area contributed by atoms with Gasteiger partial charge in [0.05, 0.1) is 19.8 Å². The number of halogens is 1. The Bertz CT molecular complexity index is 444. The summed E-state index contributed by atoms with van der Waals surface area (Å²) in [5.41, 5.74) is 6.84. The topological polar surface area (TPSA) is 60.1 Å². The lowest BCUT2D eigenvalue weighted by Gasteiger charge is -2.27. The second kappa shape index (κ2) is 7.21. The first-order valence-electron chi connectivity index (χ1n) is 6.61. The molecule has 0 spiro atoms. The summed E-state index contributed by atoms with van der Waals surface area (Å²) in [4.78, 5) is 6.35. The van der Waals surface area contributed by atoms with Crippen LogP contribution in [0.3, 0.4) is 0 Å². The number of hydrogen-bond acceptors (Lipinski definition) is 3. The first-order chi connectivity index (χ1) is 9.70. The molecule has 2 rings (SSSR count). The zero-order valence-electron chi connectivity index (χ0n) is 11.6. The Morgan fingerprint density at radius 2 is 2.05 bits per heavy atom. The average Bonchev–Trinajstić information content (AvgIpc) is 2.50. The van der Waals surface area contributed by atoms with Crippen LogP contribution in [0.1, 0.15) is 11.7 Å². The highest BCUT2D eigenvalue weighted by molar-refractivity contribution is 5.78. The second-order valence-electron chi connectivity index (χ2n) is 4.57. The van der Waals surface area contributed by atoms with Crippen molar-refractivity contribution in [3.05, 3.63) is 35.6 Å². The lowest BCUT2D eigenvalue weighted by atomic mass is 10.1. The molecule has 0 amide bonds. The molecular formula is C14H20FN3O2. The zero-order chi connectivity index (χ0) is 14.4. The third-order valence-corrected chi connectivity index (χ3v) is 3.28. The number of guanidine groups is 1. The lowest BCUT2D eigenvalue weighted by molar-refractivity contribution is 0.0669. The van der Waals surface area contributed by atoms with Gasteiger partial charge in [0.2, 0.25) is 0 Å². The van der Waals surface area contributed by atoms with E-state index in [0.717, 1.165) is 18.7 Å². The molecule has 1 saturated heterocycles. The molecule has 5 nitrogen and oxygen atoms in total. The van der Waals surface area contributed by atoms with Crippen LogP contribution in [0.5, 0.6) is 0 Å². The van der Waals surface area contributed by atoms with Crippen molar-refractivity contribution in [2.45, 2.75) is 6.10 Å². The highest BCUT2D eigenvalue weighted by Crippen LogP contribution is 2.17. The van der Waals surface area contributed by atoms with Gasteiger partial charge < -0.3 is 20.1 Å². The van der Waals surface area contributed by atoms with Crippen molar-refractivity contribution in [2.24, 2.45) is 10.7 Å². The zero-order valence-corrected chi connectivity index (χ0v) is 11.6. The van der Waals surface area contributed by atoms with Crippen molar-refractivity contribution in [3.63, 3.8) is 0 Å². The number of methoxy groups -OCH3 is 1. The van der Waals surface area contributed by atoms with Gasteiger partial charge in [-0.3, -0.25) is 4.99 Å². The molecule has 1 atom stereocenters. The van der Waals surface area contributed by atoms with E-state index >= 15 is 0 Å². The van der Waals surface area contributed by atoms with Gasteiger partial charge in [-0.05, 0) is 17.7 Å². The summed E-state index contributed by atoms with van der Waals surface area (Å²) in [7, 11) is 1.61. The molecule has 2 N–H and O–H groups in total. The van der Waals surface area contributed by atoms with E-state index in [9.17, 15) is 4.39 Å². The molecule has 0 bridgehead atoms. The standard InChI is InChI=1S/C14H20FN3O2/c1-19-13(11-2-4-12(15)5-3-11)10-17-14(16)18-6-8-20-9-7-18/h2-5,13H,6-10H2,1H3,(H2,16,17)/t13-/m1/s1. The Morgan fingerprint density at radius 1 is 1.40 bits per heavy atom. The fraction of sp³-hybridized carbons (Fsp3) is 0.500. The molecule has 1 heterocycles. The molecule has 1 aromatic carbocycles. The third-order valence-electron chi connectivity index (χ3n) is 3.28. The molecule has 1 aliphatic heterocycles. The third kappa shape index (κ3) is 3.91. The van der Waals surface area contributed by atoms with Gasteiger partial charge in [0.1, 0.15) is 11.9 Å². The maximum atomic E-state index is 12.9. The summed E-state index contributed by atoms with van der Waals surface area (Å²) in [5, 5.41) is 0. The van der Waals surface area contributed by atoms with Crippen LogP contribution in [0.15, 0.2) is 29.3 Å². The normalized spacial score (nSPS) is 18.1. The summed E-state index contributed by atoms with van der Waals surface area (Å²) < 4.78 is 23.6. The van der Waals surface area contributed by atoms with Crippen LogP contribution in [-0.4, -0.2) is 50.8 Å². The predicted molar refractivity (Wildman–Crippen MR) is 75.0 cm³/mol. The largest absolute Gasteiger partial charge is 0.378 e. The smallest absolute Gasteiger partial charge is 0.191 e. The van der Waals surface area contributed by atoms with Gasteiger partial charge >= 0.3 is 0 Å². The van der Waals surface area contributed by atoms with E-state index in [2.05, 4.69) is 4.99 Å². The molecular weight excluding hydrogens is 261 g/mol. The Morgan fingerprint density at radius 3 is 2.65 bits per heavy atom. The van der Waals surface area contributed by atoms with Crippen molar-refractivity contribution in [1.82, 2.24) is 4.90 Å². The highest BCUT2D eigenvalue weighted by atomic mass is 19.1. The second-order valence-corrected chi connectivity index (χ2v) is 4.57. The van der Waals surface area contributed by atoms with E-state index in [4.69, 9.17) is 15.2 Å². The van der Waals surface area contributed by atoms with Crippen molar-refractivity contribution in [2.75, 3.05) is 40.0 Å². The van der Waals surface area contributed by atoms with Crippen molar-refractivity contribution in [1.29, 1.82) is 0 Å². The fourth-order valence-corrected chi connectivity index (χ4v) is 2.06. The van der Waals surface area contributed by atoms with Crippen LogP contribution in [0, 0.1) is 5.82 Å². The van der Waals surface area contributed by atoms with Gasteiger partial charge in [0, 0.05) is 20.2 Å². The summed E-state index contributed by atoms with van der Waals surface area (Å²) in [6.45, 7) is 3.25. The monoisotopic (exact) mass is 281 g/mol. The number of nitrogens with two attached hydrogens (primary N) is 1. The van der Waals surface area contributed by atoms with Gasteiger partial charge in [-0.25, -0.2) is 4.39 Å². The number of rotatable bonds is 4. The van der Waals surface area contributed by atoms with Crippen LogP contribution in [0.25, 0.3) is 0 Å². The van der Waals surface area contributed by atoms with Gasteiger partial charge in [0.25, 0.3) is 0 Å². The average molecular weight is 281 g/mol. The molecule has 110 valence electrons. The lowest BCUT2D eigenvalue weighted by Crippen LogP contribution is -2.45. The Hall–Kier alpha value is -1.66.